The fraction of sp³-hybridized carbons (Fsp3) is 0.429. The van der Waals surface area contributed by atoms with Crippen LogP contribution in [0.1, 0.15) is 44.7 Å². The monoisotopic (exact) mass is 352 g/mol. The zero-order chi connectivity index (χ0) is 18.5. The number of fused-ring (bicyclic) bond motifs is 2. The first-order valence-corrected chi connectivity index (χ1v) is 9.24. The van der Waals surface area contributed by atoms with Gasteiger partial charge in [-0.2, -0.15) is 0 Å². The predicted molar refractivity (Wildman–Crippen MR) is 102 cm³/mol. The van der Waals surface area contributed by atoms with Gasteiger partial charge < -0.3 is 9.64 Å². The molecule has 1 atom stereocenters. The Labute approximate surface area is 153 Å². The number of rotatable bonds is 3. The Morgan fingerprint density at radius 1 is 1.23 bits per heavy atom. The molecular formula is C21H24N2O3. The fourth-order valence-electron chi connectivity index (χ4n) is 4.65. The molecule has 0 fully saturated rings. The zero-order valence-corrected chi connectivity index (χ0v) is 15.5. The lowest BCUT2D eigenvalue weighted by atomic mass is 9.74. The summed E-state index contributed by atoms with van der Waals surface area (Å²) in [6, 6.07) is 13.5. The smallest absolute Gasteiger partial charge is 0.269 e. The van der Waals surface area contributed by atoms with Crippen molar-refractivity contribution in [2.45, 2.75) is 51.2 Å². The highest BCUT2D eigenvalue weighted by molar-refractivity contribution is 5.66. The zero-order valence-electron chi connectivity index (χ0n) is 15.5. The Morgan fingerprint density at radius 2 is 2.00 bits per heavy atom. The van der Waals surface area contributed by atoms with Gasteiger partial charge in [0.1, 0.15) is 5.75 Å². The molecule has 0 saturated heterocycles. The number of hydrogen-bond donors (Lipinski definition) is 0. The van der Waals surface area contributed by atoms with Gasteiger partial charge in [0, 0.05) is 36.3 Å². The normalized spacial score (nSPS) is 22.7. The van der Waals surface area contributed by atoms with Crippen molar-refractivity contribution < 1.29 is 9.66 Å². The van der Waals surface area contributed by atoms with E-state index in [0.717, 1.165) is 37.1 Å². The molecule has 2 aliphatic heterocycles. The summed E-state index contributed by atoms with van der Waals surface area (Å²) in [4.78, 5) is 13.1. The van der Waals surface area contributed by atoms with Crippen LogP contribution in [0.25, 0.3) is 0 Å². The number of para-hydroxylation sites is 1. The number of nitro groups is 1. The van der Waals surface area contributed by atoms with E-state index in [1.807, 2.05) is 0 Å². The fourth-order valence-corrected chi connectivity index (χ4v) is 4.65. The summed E-state index contributed by atoms with van der Waals surface area (Å²) in [6.07, 6.45) is 2.61. The molecule has 2 aromatic carbocycles. The third-order valence-corrected chi connectivity index (χ3v) is 5.99. The van der Waals surface area contributed by atoms with Gasteiger partial charge in [-0.05, 0) is 44.4 Å². The van der Waals surface area contributed by atoms with Gasteiger partial charge >= 0.3 is 0 Å². The van der Waals surface area contributed by atoms with Crippen LogP contribution in [-0.4, -0.2) is 17.2 Å². The Hall–Kier alpha value is -2.56. The molecule has 1 unspecified atom stereocenters. The van der Waals surface area contributed by atoms with Crippen LogP contribution < -0.4 is 9.64 Å². The van der Waals surface area contributed by atoms with Crippen LogP contribution in [0, 0.1) is 10.1 Å². The number of ether oxygens (including phenoxy) is 1. The van der Waals surface area contributed by atoms with E-state index in [2.05, 4.69) is 49.9 Å². The van der Waals surface area contributed by atoms with Crippen LogP contribution in [0.4, 0.5) is 11.4 Å². The Balaban J connectivity index is 1.82. The van der Waals surface area contributed by atoms with Crippen LogP contribution in [0.2, 0.25) is 0 Å². The summed E-state index contributed by atoms with van der Waals surface area (Å²) in [5, 5.41) is 11.1. The third kappa shape index (κ3) is 2.16. The minimum atomic E-state index is -0.462. The third-order valence-electron chi connectivity index (χ3n) is 5.99. The topological polar surface area (TPSA) is 55.6 Å². The number of benzene rings is 2. The first-order valence-electron chi connectivity index (χ1n) is 9.24. The van der Waals surface area contributed by atoms with Crippen molar-refractivity contribution in [3.63, 3.8) is 0 Å². The second-order valence-corrected chi connectivity index (χ2v) is 7.73. The number of non-ortho nitro benzene ring substituents is 1. The lowest BCUT2D eigenvalue weighted by Crippen LogP contribution is -2.61. The van der Waals surface area contributed by atoms with E-state index < -0.39 is 5.72 Å². The molecule has 0 aromatic heterocycles. The number of nitrogens with zero attached hydrogens (tertiary/aromatic N) is 2. The molecule has 136 valence electrons. The molecule has 0 amide bonds. The summed E-state index contributed by atoms with van der Waals surface area (Å²) in [6.45, 7) is 7.60. The van der Waals surface area contributed by atoms with E-state index in [0.29, 0.717) is 0 Å². The molecule has 26 heavy (non-hydrogen) atoms. The Morgan fingerprint density at radius 3 is 2.73 bits per heavy atom. The minimum Gasteiger partial charge on any atom is -0.467 e. The summed E-state index contributed by atoms with van der Waals surface area (Å²) >= 11 is 0. The summed E-state index contributed by atoms with van der Waals surface area (Å²) in [5.41, 5.74) is 2.95. The van der Waals surface area contributed by atoms with Gasteiger partial charge in [-0.3, -0.25) is 10.1 Å². The van der Waals surface area contributed by atoms with Gasteiger partial charge in [-0.1, -0.05) is 25.1 Å². The van der Waals surface area contributed by atoms with Crippen LogP contribution in [-0.2, 0) is 11.8 Å². The van der Waals surface area contributed by atoms with Crippen molar-refractivity contribution in [3.8, 4) is 5.75 Å². The maximum Gasteiger partial charge on any atom is 0.269 e. The van der Waals surface area contributed by atoms with Crippen molar-refractivity contribution >= 4 is 11.4 Å². The van der Waals surface area contributed by atoms with E-state index in [1.54, 1.807) is 12.1 Å². The van der Waals surface area contributed by atoms with Gasteiger partial charge in [-0.15, -0.1) is 0 Å². The average molecular weight is 352 g/mol. The van der Waals surface area contributed by atoms with Gasteiger partial charge in [-0.25, -0.2) is 0 Å². The summed E-state index contributed by atoms with van der Waals surface area (Å²) < 4.78 is 6.68. The highest BCUT2D eigenvalue weighted by atomic mass is 16.6. The molecule has 4 rings (SSSR count). The molecule has 2 aromatic rings. The molecule has 0 bridgehead atoms. The molecule has 0 N–H and O–H groups in total. The molecule has 2 heterocycles. The van der Waals surface area contributed by atoms with Gasteiger partial charge in [0.25, 0.3) is 5.69 Å². The van der Waals surface area contributed by atoms with Crippen molar-refractivity contribution in [1.82, 2.24) is 0 Å². The number of hydrogen-bond acceptors (Lipinski definition) is 4. The van der Waals surface area contributed by atoms with Crippen LogP contribution in [0.3, 0.4) is 0 Å². The van der Waals surface area contributed by atoms with Gasteiger partial charge in [0.2, 0.25) is 0 Å². The van der Waals surface area contributed by atoms with Crippen LogP contribution >= 0.6 is 0 Å². The number of aryl methyl sites for hydroxylation is 1. The maximum absolute atomic E-state index is 11.1. The second kappa shape index (κ2) is 5.73. The van der Waals surface area contributed by atoms with Crippen molar-refractivity contribution in [2.75, 3.05) is 11.4 Å². The first kappa shape index (κ1) is 16.9. The Kier molecular flexibility index (Phi) is 3.72. The van der Waals surface area contributed by atoms with E-state index in [1.165, 1.54) is 17.3 Å². The van der Waals surface area contributed by atoms with E-state index in [-0.39, 0.29) is 16.0 Å². The van der Waals surface area contributed by atoms with Gasteiger partial charge in [0.15, 0.2) is 5.72 Å². The second-order valence-electron chi connectivity index (χ2n) is 7.73. The van der Waals surface area contributed by atoms with Crippen LogP contribution in [0.15, 0.2) is 42.5 Å². The molecule has 0 saturated carbocycles. The molecular weight excluding hydrogens is 328 g/mol. The SMILES string of the molecule is CCCN1c2ccccc2C(C)(C)C12CCc1cc([N+](=O)[O-])ccc1O2. The van der Waals surface area contributed by atoms with Crippen molar-refractivity contribution in [2.24, 2.45) is 0 Å². The predicted octanol–water partition coefficient (Wildman–Crippen LogP) is 4.82. The van der Waals surface area contributed by atoms with E-state index >= 15 is 0 Å². The molecule has 5 nitrogen and oxygen atoms in total. The van der Waals surface area contributed by atoms with Crippen molar-refractivity contribution in [1.29, 1.82) is 0 Å². The largest absolute Gasteiger partial charge is 0.467 e. The molecule has 5 heteroatoms. The van der Waals surface area contributed by atoms with Gasteiger partial charge in [0.05, 0.1) is 10.3 Å². The lowest BCUT2D eigenvalue weighted by Gasteiger charge is -2.50. The quantitative estimate of drug-likeness (QED) is 0.587. The van der Waals surface area contributed by atoms with E-state index in [4.69, 9.17) is 4.74 Å². The first-order chi connectivity index (χ1) is 12.4. The molecule has 0 radical (unpaired) electrons. The Bertz CT molecular complexity index is 877. The van der Waals surface area contributed by atoms with E-state index in [9.17, 15) is 10.1 Å². The summed E-state index contributed by atoms with van der Waals surface area (Å²) in [7, 11) is 0. The number of anilines is 1. The summed E-state index contributed by atoms with van der Waals surface area (Å²) in [5.74, 6) is 0.767. The van der Waals surface area contributed by atoms with Crippen LogP contribution in [0.5, 0.6) is 5.75 Å². The molecule has 0 aliphatic carbocycles. The standard InChI is InChI=1S/C21H24N2O3/c1-4-13-22-18-8-6-5-7-17(18)20(2,3)21(22)12-11-15-14-16(23(24)25)9-10-19(15)26-21/h5-10,14H,4,11-13H2,1-3H3. The molecule has 1 spiro atoms. The maximum atomic E-state index is 11.1. The molecule has 2 aliphatic rings. The minimum absolute atomic E-state index is 0.127. The lowest BCUT2D eigenvalue weighted by molar-refractivity contribution is -0.385. The highest BCUT2D eigenvalue weighted by Gasteiger charge is 2.59. The number of nitro benzene ring substituents is 1. The average Bonchev–Trinajstić information content (AvgIpc) is 2.81. The van der Waals surface area contributed by atoms with Crippen molar-refractivity contribution in [3.05, 3.63) is 63.7 Å². The highest BCUT2D eigenvalue weighted by Crippen LogP contribution is 2.56.